The number of anilines is 2. The van der Waals surface area contributed by atoms with Crippen molar-refractivity contribution < 1.29 is 14.3 Å². The molecule has 7 nitrogen and oxygen atoms in total. The number of ether oxygens (including phenoxy) is 2. The Labute approximate surface area is 176 Å². The molecule has 30 heavy (non-hydrogen) atoms. The lowest BCUT2D eigenvalue weighted by molar-refractivity contribution is -0.120. The van der Waals surface area contributed by atoms with Crippen molar-refractivity contribution in [3.63, 3.8) is 0 Å². The first-order valence-electron chi connectivity index (χ1n) is 10.3. The first-order valence-corrected chi connectivity index (χ1v) is 10.3. The van der Waals surface area contributed by atoms with Gasteiger partial charge in [-0.05, 0) is 44.0 Å². The summed E-state index contributed by atoms with van der Waals surface area (Å²) in [6.45, 7) is 3.81. The second kappa shape index (κ2) is 8.98. The van der Waals surface area contributed by atoms with Crippen LogP contribution in [0.15, 0.2) is 48.5 Å². The van der Waals surface area contributed by atoms with E-state index in [9.17, 15) is 4.79 Å². The van der Waals surface area contributed by atoms with Crippen molar-refractivity contribution in [2.75, 3.05) is 37.0 Å². The second-order valence-corrected chi connectivity index (χ2v) is 7.25. The van der Waals surface area contributed by atoms with E-state index < -0.39 is 0 Å². The number of nitrogens with one attached hydrogen (secondary N) is 1. The molecule has 0 bridgehead atoms. The van der Waals surface area contributed by atoms with Crippen LogP contribution >= 0.6 is 0 Å². The first-order chi connectivity index (χ1) is 14.7. The zero-order valence-electron chi connectivity index (χ0n) is 17.3. The van der Waals surface area contributed by atoms with Crippen LogP contribution in [0.4, 0.5) is 11.5 Å². The maximum absolute atomic E-state index is 13.0. The van der Waals surface area contributed by atoms with Gasteiger partial charge in [-0.3, -0.25) is 4.79 Å². The second-order valence-electron chi connectivity index (χ2n) is 7.25. The highest BCUT2D eigenvalue weighted by atomic mass is 16.5. The molecular weight excluding hydrogens is 380 g/mol. The van der Waals surface area contributed by atoms with Gasteiger partial charge < -0.3 is 19.7 Å². The molecule has 0 spiro atoms. The normalized spacial score (nSPS) is 16.3. The van der Waals surface area contributed by atoms with Crippen LogP contribution in [-0.2, 0) is 4.79 Å². The lowest BCUT2D eigenvalue weighted by Gasteiger charge is -2.33. The zero-order chi connectivity index (χ0) is 20.9. The highest BCUT2D eigenvalue weighted by Gasteiger charge is 2.29. The van der Waals surface area contributed by atoms with Gasteiger partial charge in [0.05, 0.1) is 36.4 Å². The van der Waals surface area contributed by atoms with Crippen molar-refractivity contribution in [2.24, 2.45) is 5.92 Å². The molecule has 156 valence electrons. The molecule has 1 fully saturated rings. The lowest BCUT2D eigenvalue weighted by Crippen LogP contribution is -2.41. The summed E-state index contributed by atoms with van der Waals surface area (Å²) in [5, 5.41) is 3.01. The van der Waals surface area contributed by atoms with Crippen LogP contribution in [0.3, 0.4) is 0 Å². The Bertz CT molecular complexity index is 1040. The van der Waals surface area contributed by atoms with Crippen LogP contribution in [0.5, 0.6) is 11.6 Å². The fraction of sp³-hybridized carbons (Fsp3) is 0.348. The van der Waals surface area contributed by atoms with Gasteiger partial charge in [-0.25, -0.2) is 9.97 Å². The van der Waals surface area contributed by atoms with Gasteiger partial charge in [0.2, 0.25) is 5.91 Å². The average molecular weight is 406 g/mol. The van der Waals surface area contributed by atoms with Crippen molar-refractivity contribution in [1.29, 1.82) is 0 Å². The Hall–Kier alpha value is -3.35. The van der Waals surface area contributed by atoms with E-state index in [1.807, 2.05) is 55.5 Å². The molecule has 1 aromatic heterocycles. The Morgan fingerprint density at radius 3 is 2.63 bits per heavy atom. The summed E-state index contributed by atoms with van der Waals surface area (Å²) in [7, 11) is 1.60. The number of aromatic nitrogens is 2. The van der Waals surface area contributed by atoms with Gasteiger partial charge in [0, 0.05) is 13.1 Å². The molecule has 0 radical (unpaired) electrons. The van der Waals surface area contributed by atoms with Gasteiger partial charge in [-0.2, -0.15) is 0 Å². The molecule has 4 rings (SSSR count). The molecule has 1 aliphatic rings. The number of hydrogen-bond acceptors (Lipinski definition) is 6. The minimum absolute atomic E-state index is 0.0177. The van der Waals surface area contributed by atoms with Crippen LogP contribution in [-0.4, -0.2) is 42.7 Å². The number of piperidine rings is 1. The maximum atomic E-state index is 13.0. The highest BCUT2D eigenvalue weighted by molar-refractivity contribution is 5.94. The number of methoxy groups -OCH3 is 1. The van der Waals surface area contributed by atoms with E-state index in [-0.39, 0.29) is 11.8 Å². The predicted molar refractivity (Wildman–Crippen MR) is 117 cm³/mol. The van der Waals surface area contributed by atoms with Crippen molar-refractivity contribution in [3.05, 3.63) is 48.5 Å². The molecule has 1 saturated heterocycles. The molecule has 1 N–H and O–H groups in total. The molecule has 0 saturated carbocycles. The van der Waals surface area contributed by atoms with Crippen LogP contribution in [0, 0.1) is 5.92 Å². The summed E-state index contributed by atoms with van der Waals surface area (Å²) in [5.74, 6) is 1.69. The third-order valence-electron chi connectivity index (χ3n) is 5.26. The van der Waals surface area contributed by atoms with E-state index in [0.717, 1.165) is 30.4 Å². The third kappa shape index (κ3) is 4.15. The Morgan fingerprint density at radius 1 is 1.13 bits per heavy atom. The SMILES string of the molecule is CCOc1nc2ccccc2nc1N1CCC[C@@H](C(=O)Nc2ccccc2OC)C1. The van der Waals surface area contributed by atoms with Crippen molar-refractivity contribution in [3.8, 4) is 11.6 Å². The van der Waals surface area contributed by atoms with Gasteiger partial charge in [-0.1, -0.05) is 24.3 Å². The molecule has 7 heteroatoms. The smallest absolute Gasteiger partial charge is 0.258 e. The lowest BCUT2D eigenvalue weighted by atomic mass is 9.97. The number of carbonyl (C=O) groups excluding carboxylic acids is 1. The number of hydrogen-bond donors (Lipinski definition) is 1. The standard InChI is InChI=1S/C23H26N4O3/c1-3-30-23-21(24-17-10-4-5-11-18(17)26-23)27-14-8-9-16(15-27)22(28)25-19-12-6-7-13-20(19)29-2/h4-7,10-13,16H,3,8-9,14-15H2,1-2H3,(H,25,28)/t16-/m1/s1. The maximum Gasteiger partial charge on any atom is 0.258 e. The fourth-order valence-electron chi connectivity index (χ4n) is 3.78. The fourth-order valence-corrected chi connectivity index (χ4v) is 3.78. The van der Waals surface area contributed by atoms with Crippen LogP contribution in [0.1, 0.15) is 19.8 Å². The van der Waals surface area contributed by atoms with E-state index in [0.29, 0.717) is 36.3 Å². The molecule has 1 aliphatic heterocycles. The van der Waals surface area contributed by atoms with Crippen LogP contribution in [0.25, 0.3) is 11.0 Å². The Balaban J connectivity index is 1.56. The van der Waals surface area contributed by atoms with Gasteiger partial charge in [0.15, 0.2) is 5.82 Å². The van der Waals surface area contributed by atoms with Crippen molar-refractivity contribution in [2.45, 2.75) is 19.8 Å². The number of rotatable bonds is 6. The molecule has 2 heterocycles. The number of para-hydroxylation sites is 4. The highest BCUT2D eigenvalue weighted by Crippen LogP contribution is 2.31. The molecule has 0 unspecified atom stereocenters. The van der Waals surface area contributed by atoms with Crippen molar-refractivity contribution in [1.82, 2.24) is 9.97 Å². The Kier molecular flexibility index (Phi) is 5.97. The topological polar surface area (TPSA) is 76.6 Å². The van der Waals surface area contributed by atoms with E-state index in [4.69, 9.17) is 14.5 Å². The van der Waals surface area contributed by atoms with Gasteiger partial charge in [0.25, 0.3) is 5.88 Å². The summed E-state index contributed by atoms with van der Waals surface area (Å²) < 4.78 is 11.1. The summed E-state index contributed by atoms with van der Waals surface area (Å²) in [5.41, 5.74) is 2.30. The molecule has 1 atom stereocenters. The number of fused-ring (bicyclic) bond motifs is 1. The molecule has 0 aliphatic carbocycles. The molecule has 1 amide bonds. The third-order valence-corrected chi connectivity index (χ3v) is 5.26. The number of nitrogens with zero attached hydrogens (tertiary/aromatic N) is 3. The van der Waals surface area contributed by atoms with Crippen molar-refractivity contribution >= 4 is 28.4 Å². The van der Waals surface area contributed by atoms with E-state index >= 15 is 0 Å². The minimum Gasteiger partial charge on any atom is -0.495 e. The zero-order valence-corrected chi connectivity index (χ0v) is 17.3. The number of amides is 1. The number of carbonyl (C=O) groups is 1. The van der Waals surface area contributed by atoms with E-state index in [2.05, 4.69) is 15.2 Å². The summed E-state index contributed by atoms with van der Waals surface area (Å²) in [6, 6.07) is 15.2. The minimum atomic E-state index is -0.161. The van der Waals surface area contributed by atoms with Crippen LogP contribution < -0.4 is 19.7 Å². The van der Waals surface area contributed by atoms with Gasteiger partial charge in [0.1, 0.15) is 5.75 Å². The molecular formula is C23H26N4O3. The largest absolute Gasteiger partial charge is 0.495 e. The van der Waals surface area contributed by atoms with Gasteiger partial charge in [-0.15, -0.1) is 0 Å². The molecule has 3 aromatic rings. The monoisotopic (exact) mass is 406 g/mol. The Morgan fingerprint density at radius 2 is 1.87 bits per heavy atom. The summed E-state index contributed by atoms with van der Waals surface area (Å²) in [6.07, 6.45) is 1.71. The van der Waals surface area contributed by atoms with Crippen LogP contribution in [0.2, 0.25) is 0 Å². The molecule has 2 aromatic carbocycles. The van der Waals surface area contributed by atoms with E-state index in [1.54, 1.807) is 7.11 Å². The van der Waals surface area contributed by atoms with Gasteiger partial charge >= 0.3 is 0 Å². The predicted octanol–water partition coefficient (Wildman–Crippen LogP) is 3.89. The van der Waals surface area contributed by atoms with E-state index in [1.165, 1.54) is 0 Å². The first kappa shape index (κ1) is 19.9. The quantitative estimate of drug-likeness (QED) is 0.669. The average Bonchev–Trinajstić information content (AvgIpc) is 2.79. The summed E-state index contributed by atoms with van der Waals surface area (Å²) >= 11 is 0. The summed E-state index contributed by atoms with van der Waals surface area (Å²) in [4.78, 5) is 24.6. The number of benzene rings is 2.